The van der Waals surface area contributed by atoms with Gasteiger partial charge < -0.3 is 19.2 Å². The maximum Gasteiger partial charge on any atom is 0.290 e. The van der Waals surface area contributed by atoms with Crippen LogP contribution in [-0.2, 0) is 16.1 Å². The van der Waals surface area contributed by atoms with Gasteiger partial charge in [0.15, 0.2) is 11.5 Å². The van der Waals surface area contributed by atoms with Crippen LogP contribution in [0, 0.1) is 0 Å². The second-order valence-corrected chi connectivity index (χ2v) is 5.48. The van der Waals surface area contributed by atoms with Crippen molar-refractivity contribution in [1.29, 1.82) is 0 Å². The molecule has 124 valence electrons. The minimum atomic E-state index is -0.726. The van der Waals surface area contributed by atoms with E-state index in [9.17, 15) is 14.7 Å². The number of benzene rings is 1. The number of furan rings is 1. The molecule has 1 aromatic heterocycles. The van der Waals surface area contributed by atoms with Gasteiger partial charge in [0.25, 0.3) is 5.91 Å². The quantitative estimate of drug-likeness (QED) is 0.913. The molecule has 2 heterocycles. The molecule has 6 nitrogen and oxygen atoms in total. The lowest BCUT2D eigenvalue weighted by atomic mass is 9.96. The molecule has 3 rings (SSSR count). The number of carbonyl (C=O) groups is 2. The van der Waals surface area contributed by atoms with Gasteiger partial charge in [-0.1, -0.05) is 18.2 Å². The lowest BCUT2D eigenvalue weighted by Crippen LogP contribution is -2.30. The zero-order valence-corrected chi connectivity index (χ0v) is 13.4. The van der Waals surface area contributed by atoms with Crippen molar-refractivity contribution in [3.8, 4) is 5.75 Å². The number of carbonyl (C=O) groups excluding carboxylic acids is 2. The van der Waals surface area contributed by atoms with E-state index in [1.165, 1.54) is 25.2 Å². The van der Waals surface area contributed by atoms with Crippen LogP contribution in [0.15, 0.2) is 58.4 Å². The van der Waals surface area contributed by atoms with E-state index in [-0.39, 0.29) is 17.9 Å². The molecular weight excluding hydrogens is 310 g/mol. The predicted molar refractivity (Wildman–Crippen MR) is 85.3 cm³/mol. The molecule has 1 amide bonds. The molecule has 1 aliphatic rings. The van der Waals surface area contributed by atoms with Crippen molar-refractivity contribution in [3.05, 3.63) is 65.3 Å². The van der Waals surface area contributed by atoms with Gasteiger partial charge in [-0.3, -0.25) is 9.59 Å². The van der Waals surface area contributed by atoms with Crippen molar-refractivity contribution >= 4 is 11.7 Å². The number of nitrogens with zero attached hydrogens (tertiary/aromatic N) is 1. The molecule has 1 aromatic carbocycles. The van der Waals surface area contributed by atoms with E-state index in [1.54, 1.807) is 36.4 Å². The molecule has 1 aliphatic heterocycles. The van der Waals surface area contributed by atoms with Gasteiger partial charge >= 0.3 is 0 Å². The Morgan fingerprint density at radius 1 is 1.29 bits per heavy atom. The standard InChI is InChI=1S/C18H17NO5/c1-11(20)15-16(13-7-3-4-8-14(13)23-2)19(18(22)17(15)21)10-12-6-5-9-24-12/h3-9,16,21H,10H2,1-2H3/t16-/m0/s1. The molecule has 1 atom stereocenters. The highest BCUT2D eigenvalue weighted by Gasteiger charge is 2.43. The van der Waals surface area contributed by atoms with Crippen molar-refractivity contribution in [2.75, 3.05) is 7.11 Å². The summed E-state index contributed by atoms with van der Waals surface area (Å²) in [5.41, 5.74) is 0.699. The van der Waals surface area contributed by atoms with Crippen LogP contribution >= 0.6 is 0 Å². The fourth-order valence-corrected chi connectivity index (χ4v) is 2.96. The fourth-order valence-electron chi connectivity index (χ4n) is 2.96. The predicted octanol–water partition coefficient (Wildman–Crippen LogP) is 2.77. The van der Waals surface area contributed by atoms with Gasteiger partial charge in [0.05, 0.1) is 31.5 Å². The van der Waals surface area contributed by atoms with Crippen molar-refractivity contribution in [1.82, 2.24) is 4.90 Å². The summed E-state index contributed by atoms with van der Waals surface area (Å²) in [5.74, 6) is -0.398. The number of aliphatic hydroxyl groups excluding tert-OH is 1. The summed E-state index contributed by atoms with van der Waals surface area (Å²) in [5, 5.41) is 10.2. The Bertz CT molecular complexity index is 807. The number of Topliss-reactive ketones (excluding diaryl/α,β-unsaturated/α-hetero) is 1. The summed E-state index contributed by atoms with van der Waals surface area (Å²) < 4.78 is 10.7. The molecule has 0 spiro atoms. The summed E-state index contributed by atoms with van der Waals surface area (Å²) >= 11 is 0. The smallest absolute Gasteiger partial charge is 0.290 e. The Morgan fingerprint density at radius 2 is 2.04 bits per heavy atom. The van der Waals surface area contributed by atoms with E-state index in [0.717, 1.165) is 0 Å². The van der Waals surface area contributed by atoms with E-state index < -0.39 is 17.7 Å². The Morgan fingerprint density at radius 3 is 2.67 bits per heavy atom. The Labute approximate surface area is 138 Å². The number of ketones is 1. The number of amides is 1. The van der Waals surface area contributed by atoms with Gasteiger partial charge in [-0.25, -0.2) is 0 Å². The molecule has 24 heavy (non-hydrogen) atoms. The Balaban J connectivity index is 2.11. The molecule has 6 heteroatoms. The van der Waals surface area contributed by atoms with E-state index in [4.69, 9.17) is 9.15 Å². The summed E-state index contributed by atoms with van der Waals surface area (Å²) in [4.78, 5) is 26.0. The highest BCUT2D eigenvalue weighted by molar-refractivity contribution is 6.08. The average Bonchev–Trinajstić information content (AvgIpc) is 3.17. The Hall–Kier alpha value is -3.02. The number of ether oxygens (including phenoxy) is 1. The van der Waals surface area contributed by atoms with Crippen molar-refractivity contribution in [2.45, 2.75) is 19.5 Å². The monoisotopic (exact) mass is 327 g/mol. The first-order valence-corrected chi connectivity index (χ1v) is 7.45. The van der Waals surface area contributed by atoms with E-state index in [1.807, 2.05) is 0 Å². The second-order valence-electron chi connectivity index (χ2n) is 5.48. The minimum absolute atomic E-state index is 0.0658. The molecule has 0 radical (unpaired) electrons. The number of aliphatic hydroxyl groups is 1. The van der Waals surface area contributed by atoms with Crippen LogP contribution in [0.25, 0.3) is 0 Å². The number of hydrogen-bond acceptors (Lipinski definition) is 5. The topological polar surface area (TPSA) is 80.0 Å². The first-order chi connectivity index (χ1) is 11.5. The van der Waals surface area contributed by atoms with Crippen LogP contribution in [0.3, 0.4) is 0 Å². The van der Waals surface area contributed by atoms with E-state index >= 15 is 0 Å². The van der Waals surface area contributed by atoms with Crippen LogP contribution in [0.1, 0.15) is 24.3 Å². The third-order valence-electron chi connectivity index (χ3n) is 4.02. The average molecular weight is 327 g/mol. The molecule has 2 aromatic rings. The molecule has 0 saturated heterocycles. The molecule has 0 saturated carbocycles. The highest BCUT2D eigenvalue weighted by atomic mass is 16.5. The molecule has 1 N–H and O–H groups in total. The molecule has 0 bridgehead atoms. The van der Waals surface area contributed by atoms with Gasteiger partial charge in [0.1, 0.15) is 11.5 Å². The van der Waals surface area contributed by atoms with Gasteiger partial charge in [-0.05, 0) is 25.1 Å². The minimum Gasteiger partial charge on any atom is -0.503 e. The SMILES string of the molecule is COc1ccccc1[C@H]1C(C(C)=O)=C(O)C(=O)N1Cc1ccco1. The van der Waals surface area contributed by atoms with Crippen LogP contribution in [0.5, 0.6) is 5.75 Å². The number of para-hydroxylation sites is 1. The zero-order chi connectivity index (χ0) is 17.3. The maximum atomic E-state index is 12.5. The zero-order valence-electron chi connectivity index (χ0n) is 13.4. The van der Waals surface area contributed by atoms with Gasteiger partial charge in [0, 0.05) is 5.56 Å². The van der Waals surface area contributed by atoms with Gasteiger partial charge in [-0.2, -0.15) is 0 Å². The lowest BCUT2D eigenvalue weighted by molar-refractivity contribution is -0.130. The lowest BCUT2D eigenvalue weighted by Gasteiger charge is -2.26. The third-order valence-corrected chi connectivity index (χ3v) is 4.02. The molecular formula is C18H17NO5. The number of hydrogen-bond donors (Lipinski definition) is 1. The summed E-state index contributed by atoms with van der Waals surface area (Å²) in [7, 11) is 1.52. The molecule has 0 aliphatic carbocycles. The molecule has 0 fully saturated rings. The highest BCUT2D eigenvalue weighted by Crippen LogP contribution is 2.41. The van der Waals surface area contributed by atoms with Crippen LogP contribution in [0.2, 0.25) is 0 Å². The Kier molecular flexibility index (Phi) is 4.12. The first kappa shape index (κ1) is 15.9. The number of methoxy groups -OCH3 is 1. The van der Waals surface area contributed by atoms with Crippen LogP contribution in [-0.4, -0.2) is 28.8 Å². The van der Waals surface area contributed by atoms with E-state index in [0.29, 0.717) is 17.1 Å². The third kappa shape index (κ3) is 2.56. The molecule has 0 unspecified atom stereocenters. The van der Waals surface area contributed by atoms with E-state index in [2.05, 4.69) is 0 Å². The fraction of sp³-hybridized carbons (Fsp3) is 0.222. The second kappa shape index (κ2) is 6.23. The van der Waals surface area contributed by atoms with Crippen molar-refractivity contribution < 1.29 is 23.8 Å². The van der Waals surface area contributed by atoms with Gasteiger partial charge in [-0.15, -0.1) is 0 Å². The first-order valence-electron chi connectivity index (χ1n) is 7.45. The maximum absolute atomic E-state index is 12.5. The van der Waals surface area contributed by atoms with Crippen LogP contribution in [0.4, 0.5) is 0 Å². The van der Waals surface area contributed by atoms with Crippen molar-refractivity contribution in [2.24, 2.45) is 0 Å². The summed E-state index contributed by atoms with van der Waals surface area (Å²) in [6.07, 6.45) is 1.51. The largest absolute Gasteiger partial charge is 0.503 e. The van der Waals surface area contributed by atoms with Crippen molar-refractivity contribution in [3.63, 3.8) is 0 Å². The summed E-state index contributed by atoms with van der Waals surface area (Å²) in [6, 6.07) is 9.83. The normalized spacial score (nSPS) is 17.5. The number of rotatable bonds is 5. The summed E-state index contributed by atoms with van der Waals surface area (Å²) in [6.45, 7) is 1.47. The van der Waals surface area contributed by atoms with Gasteiger partial charge in [0.2, 0.25) is 0 Å². The van der Waals surface area contributed by atoms with Crippen LogP contribution < -0.4 is 4.74 Å².